The van der Waals surface area contributed by atoms with Gasteiger partial charge in [-0.25, -0.2) is 13.6 Å². The molecule has 0 saturated carbocycles. The minimum absolute atomic E-state index is 0.0495. The van der Waals surface area contributed by atoms with Crippen molar-refractivity contribution in [2.24, 2.45) is 0 Å². The van der Waals surface area contributed by atoms with Gasteiger partial charge in [0.15, 0.2) is 0 Å². The van der Waals surface area contributed by atoms with Crippen LogP contribution in [0.5, 0.6) is 0 Å². The normalized spacial score (nSPS) is 12.1. The Morgan fingerprint density at radius 2 is 1.85 bits per heavy atom. The lowest BCUT2D eigenvalue weighted by Gasteiger charge is -2.19. The molecule has 1 aromatic carbocycles. The maximum atomic E-state index is 13.7. The molecule has 140 valence electrons. The Balaban J connectivity index is 2.08. The molecule has 7 heteroatoms. The van der Waals surface area contributed by atoms with Gasteiger partial charge in [0.05, 0.1) is 6.42 Å². The number of nitrogens with zero attached hydrogens (tertiary/aromatic N) is 2. The van der Waals surface area contributed by atoms with Gasteiger partial charge < -0.3 is 9.26 Å². The van der Waals surface area contributed by atoms with Crippen LogP contribution in [-0.2, 0) is 21.9 Å². The summed E-state index contributed by atoms with van der Waals surface area (Å²) in [5.74, 6) is -2.96. The Morgan fingerprint density at radius 3 is 2.38 bits per heavy atom. The van der Waals surface area contributed by atoms with Gasteiger partial charge in [0.1, 0.15) is 5.60 Å². The number of alkyl halides is 2. The second kappa shape index (κ2) is 7.35. The molecule has 0 saturated heterocycles. The van der Waals surface area contributed by atoms with E-state index in [2.05, 4.69) is 16.7 Å². The average Bonchev–Trinajstić information content (AvgIpc) is 3.02. The Labute approximate surface area is 151 Å². The number of rotatable bonds is 6. The van der Waals surface area contributed by atoms with Crippen LogP contribution in [0, 0.1) is 0 Å². The summed E-state index contributed by atoms with van der Waals surface area (Å²) in [6.07, 6.45) is -0.223. The lowest BCUT2D eigenvalue weighted by atomic mass is 10.0. The van der Waals surface area contributed by atoms with Crippen LogP contribution in [0.1, 0.15) is 45.6 Å². The van der Waals surface area contributed by atoms with Crippen LogP contribution < -0.4 is 0 Å². The van der Waals surface area contributed by atoms with E-state index in [4.69, 9.17) is 9.26 Å². The van der Waals surface area contributed by atoms with Crippen LogP contribution >= 0.6 is 0 Å². The summed E-state index contributed by atoms with van der Waals surface area (Å²) in [6, 6.07) is 5.70. The van der Waals surface area contributed by atoms with Crippen LogP contribution in [-0.4, -0.2) is 21.7 Å². The number of carbonyl (C=O) groups excluding carboxylic acids is 1. The van der Waals surface area contributed by atoms with Crippen LogP contribution in [0.15, 0.2) is 40.9 Å². The van der Waals surface area contributed by atoms with Crippen molar-refractivity contribution in [1.82, 2.24) is 10.1 Å². The van der Waals surface area contributed by atoms with Crippen LogP contribution in [0.2, 0.25) is 0 Å². The minimum atomic E-state index is -2.87. The number of hydrogen-bond acceptors (Lipinski definition) is 5. The first-order valence-corrected chi connectivity index (χ1v) is 8.24. The molecule has 0 bridgehead atoms. The van der Waals surface area contributed by atoms with Gasteiger partial charge >= 0.3 is 5.97 Å². The lowest BCUT2D eigenvalue weighted by molar-refractivity contribution is -0.150. The molecular weight excluding hydrogens is 342 g/mol. The van der Waals surface area contributed by atoms with E-state index in [1.807, 2.05) is 0 Å². The van der Waals surface area contributed by atoms with Crippen molar-refractivity contribution in [3.05, 3.63) is 47.9 Å². The SMILES string of the molecule is C=C(Cc1nc(-c2ccc(C(F)(F)CC)cc2)no1)C(=O)OC(C)(C)C. The fraction of sp³-hybridized carbons (Fsp3) is 0.421. The quantitative estimate of drug-likeness (QED) is 0.550. The first-order chi connectivity index (χ1) is 12.0. The molecule has 5 nitrogen and oxygen atoms in total. The molecule has 2 rings (SSSR count). The van der Waals surface area contributed by atoms with Gasteiger partial charge in [-0.2, -0.15) is 4.98 Å². The maximum Gasteiger partial charge on any atom is 0.334 e. The van der Waals surface area contributed by atoms with Gasteiger partial charge in [0, 0.05) is 23.1 Å². The van der Waals surface area contributed by atoms with E-state index in [1.165, 1.54) is 31.2 Å². The number of esters is 1. The van der Waals surface area contributed by atoms with Gasteiger partial charge in [-0.1, -0.05) is 42.9 Å². The molecule has 0 spiro atoms. The van der Waals surface area contributed by atoms with E-state index in [0.29, 0.717) is 5.56 Å². The molecule has 0 radical (unpaired) electrons. The summed E-state index contributed by atoms with van der Waals surface area (Å²) in [4.78, 5) is 16.1. The summed E-state index contributed by atoms with van der Waals surface area (Å²) in [6.45, 7) is 10.4. The van der Waals surface area contributed by atoms with E-state index in [9.17, 15) is 13.6 Å². The first-order valence-electron chi connectivity index (χ1n) is 8.24. The summed E-state index contributed by atoms with van der Waals surface area (Å²) < 4.78 is 37.6. The molecule has 2 aromatic rings. The number of ether oxygens (including phenoxy) is 1. The summed E-state index contributed by atoms with van der Waals surface area (Å²) >= 11 is 0. The molecular formula is C19H22F2N2O3. The Kier molecular flexibility index (Phi) is 5.59. The topological polar surface area (TPSA) is 65.2 Å². The zero-order chi connectivity index (χ0) is 19.5. The van der Waals surface area contributed by atoms with Crippen molar-refractivity contribution in [2.45, 2.75) is 52.1 Å². The highest BCUT2D eigenvalue weighted by Crippen LogP contribution is 2.32. The summed E-state index contributed by atoms with van der Waals surface area (Å²) in [7, 11) is 0. The smallest absolute Gasteiger partial charge is 0.334 e. The average molecular weight is 364 g/mol. The van der Waals surface area contributed by atoms with Crippen LogP contribution in [0.3, 0.4) is 0 Å². The molecule has 26 heavy (non-hydrogen) atoms. The molecule has 0 fully saturated rings. The molecule has 0 N–H and O–H groups in total. The molecule has 0 amide bonds. The van der Waals surface area contributed by atoms with Gasteiger partial charge in [0.25, 0.3) is 5.92 Å². The van der Waals surface area contributed by atoms with Gasteiger partial charge in [-0.3, -0.25) is 0 Å². The number of hydrogen-bond donors (Lipinski definition) is 0. The fourth-order valence-corrected chi connectivity index (χ4v) is 2.12. The standard InChI is InChI=1S/C19H22F2N2O3/c1-6-19(20,21)14-9-7-13(8-10-14)16-22-15(26-23-16)11-12(2)17(24)25-18(3,4)5/h7-10H,2,6,11H2,1,3-5H3. The van der Waals surface area contributed by atoms with E-state index in [0.717, 1.165) is 0 Å². The first kappa shape index (κ1) is 19.8. The third kappa shape index (κ3) is 4.97. The zero-order valence-corrected chi connectivity index (χ0v) is 15.3. The molecule has 0 atom stereocenters. The van der Waals surface area contributed by atoms with Crippen molar-refractivity contribution in [2.75, 3.05) is 0 Å². The van der Waals surface area contributed by atoms with Gasteiger partial charge in [-0.15, -0.1) is 0 Å². The minimum Gasteiger partial charge on any atom is -0.457 e. The fourth-order valence-electron chi connectivity index (χ4n) is 2.12. The number of benzene rings is 1. The molecule has 0 aliphatic heterocycles. The lowest BCUT2D eigenvalue weighted by Crippen LogP contribution is -2.25. The van der Waals surface area contributed by atoms with Crippen LogP contribution in [0.25, 0.3) is 11.4 Å². The Hall–Kier alpha value is -2.57. The predicted molar refractivity (Wildman–Crippen MR) is 92.6 cm³/mol. The Morgan fingerprint density at radius 1 is 1.23 bits per heavy atom. The van der Waals surface area contributed by atoms with Crippen molar-refractivity contribution >= 4 is 5.97 Å². The maximum absolute atomic E-state index is 13.7. The van der Waals surface area contributed by atoms with Crippen molar-refractivity contribution in [1.29, 1.82) is 0 Å². The summed E-state index contributed by atoms with van der Waals surface area (Å²) in [5.41, 5.74) is 0.0415. The second-order valence-electron chi connectivity index (χ2n) is 6.93. The van der Waals surface area contributed by atoms with Gasteiger partial charge in [-0.05, 0) is 20.8 Å². The zero-order valence-electron chi connectivity index (χ0n) is 15.3. The molecule has 0 unspecified atom stereocenters. The Bertz CT molecular complexity index is 790. The predicted octanol–water partition coefficient (Wildman–Crippen LogP) is 4.68. The van der Waals surface area contributed by atoms with Crippen molar-refractivity contribution in [3.63, 3.8) is 0 Å². The third-order valence-corrected chi connectivity index (χ3v) is 3.53. The summed E-state index contributed by atoms with van der Waals surface area (Å²) in [5, 5.41) is 3.82. The third-order valence-electron chi connectivity index (χ3n) is 3.53. The van der Waals surface area contributed by atoms with E-state index in [-0.39, 0.29) is 35.7 Å². The van der Waals surface area contributed by atoms with E-state index < -0.39 is 17.5 Å². The highest BCUT2D eigenvalue weighted by atomic mass is 19.3. The van der Waals surface area contributed by atoms with E-state index in [1.54, 1.807) is 20.8 Å². The number of carbonyl (C=O) groups is 1. The monoisotopic (exact) mass is 364 g/mol. The van der Waals surface area contributed by atoms with Gasteiger partial charge in [0.2, 0.25) is 11.7 Å². The number of halogens is 2. The van der Waals surface area contributed by atoms with Crippen LogP contribution in [0.4, 0.5) is 8.78 Å². The second-order valence-corrected chi connectivity index (χ2v) is 6.93. The molecule has 0 aliphatic rings. The largest absolute Gasteiger partial charge is 0.457 e. The molecule has 1 heterocycles. The highest BCUT2D eigenvalue weighted by Gasteiger charge is 2.28. The van der Waals surface area contributed by atoms with Crippen molar-refractivity contribution in [3.8, 4) is 11.4 Å². The van der Waals surface area contributed by atoms with Crippen molar-refractivity contribution < 1.29 is 22.8 Å². The highest BCUT2D eigenvalue weighted by molar-refractivity contribution is 5.88. The van der Waals surface area contributed by atoms with E-state index >= 15 is 0 Å². The molecule has 1 aromatic heterocycles. The number of aromatic nitrogens is 2. The molecule has 0 aliphatic carbocycles.